The second-order valence-corrected chi connectivity index (χ2v) is 6.92. The molecule has 0 bridgehead atoms. The maximum atomic E-state index is 12.5. The fraction of sp³-hybridized carbons (Fsp3) is 0.562. The van der Waals surface area contributed by atoms with Crippen molar-refractivity contribution < 1.29 is 9.53 Å². The molecule has 0 radical (unpaired) electrons. The highest BCUT2D eigenvalue weighted by atomic mass is 32.1. The summed E-state index contributed by atoms with van der Waals surface area (Å²) in [4.78, 5) is 13.8. The molecule has 1 amide bonds. The standard InChI is InChI=1S/C16H22N2O2S/c1-3-6-18-13-8-11(2)21-15(13)9-14(18)16(19)17-10-12-5-4-7-20-12/h8-9,12H,3-7,10H2,1-2H3,(H,17,19)/t12-/m1/s1. The van der Waals surface area contributed by atoms with Crippen molar-refractivity contribution in [2.24, 2.45) is 0 Å². The number of ether oxygens (including phenoxy) is 1. The molecule has 1 saturated heterocycles. The first-order chi connectivity index (χ1) is 10.2. The summed E-state index contributed by atoms with van der Waals surface area (Å²) in [5, 5.41) is 3.02. The van der Waals surface area contributed by atoms with Crippen LogP contribution in [0.1, 0.15) is 41.6 Å². The smallest absolute Gasteiger partial charge is 0.268 e. The van der Waals surface area contributed by atoms with Crippen LogP contribution >= 0.6 is 11.3 Å². The molecule has 5 heteroatoms. The Balaban J connectivity index is 1.79. The maximum absolute atomic E-state index is 12.5. The first-order valence-corrected chi connectivity index (χ1v) is 8.50. The van der Waals surface area contributed by atoms with E-state index >= 15 is 0 Å². The summed E-state index contributed by atoms with van der Waals surface area (Å²) < 4.78 is 8.90. The molecule has 2 aromatic heterocycles. The van der Waals surface area contributed by atoms with Gasteiger partial charge in [0.2, 0.25) is 0 Å². The molecule has 0 aromatic carbocycles. The molecule has 21 heavy (non-hydrogen) atoms. The Morgan fingerprint density at radius 1 is 1.52 bits per heavy atom. The lowest BCUT2D eigenvalue weighted by Gasteiger charge is -2.12. The number of aryl methyl sites for hydroxylation is 2. The van der Waals surface area contributed by atoms with Gasteiger partial charge in [-0.3, -0.25) is 4.79 Å². The Kier molecular flexibility index (Phi) is 4.31. The number of carbonyl (C=O) groups is 1. The van der Waals surface area contributed by atoms with E-state index in [0.717, 1.165) is 38.1 Å². The number of nitrogens with one attached hydrogen (secondary N) is 1. The van der Waals surface area contributed by atoms with Gasteiger partial charge in [0, 0.05) is 24.6 Å². The first kappa shape index (κ1) is 14.6. The highest BCUT2D eigenvalue weighted by Gasteiger charge is 2.20. The minimum atomic E-state index is 0.0139. The van der Waals surface area contributed by atoms with Gasteiger partial charge < -0.3 is 14.6 Å². The largest absolute Gasteiger partial charge is 0.376 e. The van der Waals surface area contributed by atoms with E-state index in [1.54, 1.807) is 11.3 Å². The van der Waals surface area contributed by atoms with Gasteiger partial charge in [-0.15, -0.1) is 11.3 Å². The third-order valence-electron chi connectivity index (χ3n) is 3.91. The molecule has 1 aliphatic heterocycles. The van der Waals surface area contributed by atoms with Crippen LogP contribution in [0.15, 0.2) is 12.1 Å². The molecule has 114 valence electrons. The minimum Gasteiger partial charge on any atom is -0.376 e. The predicted molar refractivity (Wildman–Crippen MR) is 86.2 cm³/mol. The number of aromatic nitrogens is 1. The van der Waals surface area contributed by atoms with Gasteiger partial charge in [-0.25, -0.2) is 0 Å². The van der Waals surface area contributed by atoms with Crippen molar-refractivity contribution in [1.82, 2.24) is 9.88 Å². The van der Waals surface area contributed by atoms with Crippen molar-refractivity contribution in [2.75, 3.05) is 13.2 Å². The molecular weight excluding hydrogens is 284 g/mol. The van der Waals surface area contributed by atoms with E-state index in [4.69, 9.17) is 4.74 Å². The number of fused-ring (bicyclic) bond motifs is 1. The monoisotopic (exact) mass is 306 g/mol. The molecule has 1 aliphatic rings. The highest BCUT2D eigenvalue weighted by Crippen LogP contribution is 2.29. The lowest BCUT2D eigenvalue weighted by atomic mass is 10.2. The van der Waals surface area contributed by atoms with Gasteiger partial charge in [0.25, 0.3) is 5.91 Å². The van der Waals surface area contributed by atoms with Crippen molar-refractivity contribution in [2.45, 2.75) is 45.8 Å². The number of rotatable bonds is 5. The minimum absolute atomic E-state index is 0.0139. The summed E-state index contributed by atoms with van der Waals surface area (Å²) >= 11 is 1.75. The SMILES string of the molecule is CCCn1c(C(=O)NC[C@H]2CCCO2)cc2sc(C)cc21. The first-order valence-electron chi connectivity index (χ1n) is 7.68. The third kappa shape index (κ3) is 2.99. The lowest BCUT2D eigenvalue weighted by Crippen LogP contribution is -2.33. The highest BCUT2D eigenvalue weighted by molar-refractivity contribution is 7.19. The van der Waals surface area contributed by atoms with E-state index in [0.29, 0.717) is 6.54 Å². The lowest BCUT2D eigenvalue weighted by molar-refractivity contribution is 0.0850. The fourth-order valence-corrected chi connectivity index (χ4v) is 3.88. The van der Waals surface area contributed by atoms with Crippen LogP contribution in [0, 0.1) is 6.92 Å². The fourth-order valence-electron chi connectivity index (χ4n) is 2.92. The second kappa shape index (κ2) is 6.20. The van der Waals surface area contributed by atoms with Crippen molar-refractivity contribution in [1.29, 1.82) is 0 Å². The van der Waals surface area contributed by atoms with Gasteiger partial charge in [0.1, 0.15) is 5.69 Å². The molecule has 0 spiro atoms. The second-order valence-electron chi connectivity index (χ2n) is 5.63. The summed E-state index contributed by atoms with van der Waals surface area (Å²) in [6.45, 7) is 6.56. The average molecular weight is 306 g/mol. The molecule has 0 unspecified atom stereocenters. The molecule has 4 nitrogen and oxygen atoms in total. The topological polar surface area (TPSA) is 43.3 Å². The predicted octanol–water partition coefficient (Wildman–Crippen LogP) is 3.33. The van der Waals surface area contributed by atoms with E-state index in [2.05, 4.69) is 29.8 Å². The Hall–Kier alpha value is -1.33. The summed E-state index contributed by atoms with van der Waals surface area (Å²) in [5.74, 6) is 0.0139. The molecular formula is C16H22N2O2S. The third-order valence-corrected chi connectivity index (χ3v) is 4.89. The molecule has 3 rings (SSSR count). The van der Waals surface area contributed by atoms with Crippen LogP contribution in [-0.4, -0.2) is 29.7 Å². The number of thiophene rings is 1. The van der Waals surface area contributed by atoms with Gasteiger partial charge >= 0.3 is 0 Å². The van der Waals surface area contributed by atoms with E-state index in [9.17, 15) is 4.79 Å². The maximum Gasteiger partial charge on any atom is 0.268 e. The molecule has 0 aliphatic carbocycles. The Labute approximate surface area is 129 Å². The summed E-state index contributed by atoms with van der Waals surface area (Å²) in [5.41, 5.74) is 1.96. The normalized spacial score (nSPS) is 18.5. The molecule has 0 saturated carbocycles. The average Bonchev–Trinajstić information content (AvgIpc) is 3.14. The van der Waals surface area contributed by atoms with Crippen LogP contribution in [0.4, 0.5) is 0 Å². The number of carbonyl (C=O) groups excluding carboxylic acids is 1. The zero-order chi connectivity index (χ0) is 14.8. The molecule has 3 heterocycles. The molecule has 2 aromatic rings. The van der Waals surface area contributed by atoms with Crippen LogP contribution in [0.5, 0.6) is 0 Å². The van der Waals surface area contributed by atoms with Gasteiger partial charge in [-0.1, -0.05) is 6.92 Å². The van der Waals surface area contributed by atoms with E-state index in [1.165, 1.54) is 15.1 Å². The van der Waals surface area contributed by atoms with E-state index in [1.807, 2.05) is 6.07 Å². The number of nitrogens with zero attached hydrogens (tertiary/aromatic N) is 1. The zero-order valence-electron chi connectivity index (χ0n) is 12.6. The Bertz CT molecular complexity index is 638. The van der Waals surface area contributed by atoms with Crippen LogP contribution in [0.3, 0.4) is 0 Å². The molecule has 1 atom stereocenters. The Morgan fingerprint density at radius 2 is 2.38 bits per heavy atom. The quantitative estimate of drug-likeness (QED) is 0.921. The summed E-state index contributed by atoms with van der Waals surface area (Å²) in [6, 6.07) is 4.19. The van der Waals surface area contributed by atoms with E-state index < -0.39 is 0 Å². The Morgan fingerprint density at radius 3 is 3.10 bits per heavy atom. The van der Waals surface area contributed by atoms with Crippen molar-refractivity contribution in [3.8, 4) is 0 Å². The van der Waals surface area contributed by atoms with Gasteiger partial charge in [0.15, 0.2) is 0 Å². The van der Waals surface area contributed by atoms with Gasteiger partial charge in [-0.05, 0) is 38.3 Å². The summed E-state index contributed by atoms with van der Waals surface area (Å²) in [7, 11) is 0. The van der Waals surface area contributed by atoms with E-state index in [-0.39, 0.29) is 12.0 Å². The van der Waals surface area contributed by atoms with Crippen LogP contribution in [0.2, 0.25) is 0 Å². The zero-order valence-corrected chi connectivity index (χ0v) is 13.5. The van der Waals surface area contributed by atoms with Crippen LogP contribution in [0.25, 0.3) is 10.2 Å². The van der Waals surface area contributed by atoms with Crippen molar-refractivity contribution in [3.63, 3.8) is 0 Å². The number of amides is 1. The molecule has 1 fully saturated rings. The van der Waals surface area contributed by atoms with Crippen LogP contribution < -0.4 is 5.32 Å². The number of hydrogen-bond donors (Lipinski definition) is 1. The number of hydrogen-bond acceptors (Lipinski definition) is 3. The van der Waals surface area contributed by atoms with Crippen molar-refractivity contribution >= 4 is 27.5 Å². The van der Waals surface area contributed by atoms with Gasteiger partial charge in [-0.2, -0.15) is 0 Å². The van der Waals surface area contributed by atoms with Crippen LogP contribution in [-0.2, 0) is 11.3 Å². The van der Waals surface area contributed by atoms with Crippen molar-refractivity contribution in [3.05, 3.63) is 22.7 Å². The summed E-state index contributed by atoms with van der Waals surface area (Å²) in [6.07, 6.45) is 3.35. The molecule has 1 N–H and O–H groups in total. The van der Waals surface area contributed by atoms with Gasteiger partial charge in [0.05, 0.1) is 16.3 Å².